The summed E-state index contributed by atoms with van der Waals surface area (Å²) in [6, 6.07) is -0.929. The van der Waals surface area contributed by atoms with Crippen molar-refractivity contribution < 1.29 is 32.9 Å². The number of carbonyl (C=O) groups excluding carboxylic acids is 1. The van der Waals surface area contributed by atoms with E-state index in [1.807, 2.05) is 4.90 Å². The lowest BCUT2D eigenvalue weighted by atomic mass is 9.99. The number of alkyl halides is 2. The van der Waals surface area contributed by atoms with Crippen molar-refractivity contribution in [3.8, 4) is 0 Å². The highest BCUT2D eigenvalue weighted by atomic mass is 35.5. The quantitative estimate of drug-likeness (QED) is 0.219. The van der Waals surface area contributed by atoms with E-state index in [0.717, 1.165) is 25.9 Å². The molecule has 2 aliphatic heterocycles. The van der Waals surface area contributed by atoms with E-state index in [-0.39, 0.29) is 23.6 Å². The summed E-state index contributed by atoms with van der Waals surface area (Å²) in [5.41, 5.74) is 4.87. The first-order valence-corrected chi connectivity index (χ1v) is 13.6. The first-order chi connectivity index (χ1) is 17.6. The number of hydrogen-bond donors (Lipinski definition) is 3. The molecule has 0 spiro atoms. The zero-order valence-corrected chi connectivity index (χ0v) is 22.4. The minimum absolute atomic E-state index is 0.00905. The number of halogens is 2. The fourth-order valence-electron chi connectivity index (χ4n) is 4.30. The zero-order valence-electron chi connectivity index (χ0n) is 20.7. The third-order valence-electron chi connectivity index (χ3n) is 6.23. The Balaban J connectivity index is 1.51. The number of carbonyl (C=O) groups is 1. The van der Waals surface area contributed by atoms with Crippen LogP contribution in [0.4, 0.5) is 16.2 Å². The van der Waals surface area contributed by atoms with Crippen LogP contribution >= 0.6 is 19.8 Å². The van der Waals surface area contributed by atoms with Crippen LogP contribution in [-0.4, -0.2) is 86.2 Å². The Hall–Kier alpha value is -2.22. The second kappa shape index (κ2) is 11.3. The number of aliphatic hydroxyl groups excluding tert-OH is 1. The second-order valence-corrected chi connectivity index (χ2v) is 10.7. The van der Waals surface area contributed by atoms with Crippen LogP contribution in [0.25, 0.3) is 11.2 Å². The van der Waals surface area contributed by atoms with Crippen LogP contribution in [0, 0.1) is 0 Å². The van der Waals surface area contributed by atoms with E-state index in [9.17, 15) is 14.5 Å². The van der Waals surface area contributed by atoms with E-state index in [2.05, 4.69) is 20.0 Å². The van der Waals surface area contributed by atoms with Crippen molar-refractivity contribution in [2.75, 3.05) is 36.2 Å². The van der Waals surface area contributed by atoms with Gasteiger partial charge in [0.2, 0.25) is 5.95 Å². The number of aromatic nitrogens is 4. The number of hydrogen-bond acceptors (Lipinski definition) is 11. The van der Waals surface area contributed by atoms with Gasteiger partial charge in [0.1, 0.15) is 24.4 Å². The van der Waals surface area contributed by atoms with Gasteiger partial charge in [0.05, 0.1) is 18.3 Å². The molecule has 4 N–H and O–H groups in total. The van der Waals surface area contributed by atoms with Crippen molar-refractivity contribution in [2.24, 2.45) is 0 Å². The smallest absolute Gasteiger partial charge is 0.462 e. The van der Waals surface area contributed by atoms with Gasteiger partial charge in [-0.15, -0.1) is 16.1 Å². The third kappa shape index (κ3) is 5.64. The van der Waals surface area contributed by atoms with E-state index < -0.39 is 50.9 Å². The number of nitrogen functional groups attached to an aromatic ring is 1. The Morgan fingerprint density at radius 2 is 2.11 bits per heavy atom. The molecule has 2 aliphatic rings. The lowest BCUT2D eigenvalue weighted by Crippen LogP contribution is -2.47. The molecule has 204 valence electrons. The monoisotopic (exact) mass is 562 g/mol. The maximum atomic E-state index is 15.4. The summed E-state index contributed by atoms with van der Waals surface area (Å²) in [5, 5.41) is 13.2. The van der Waals surface area contributed by atoms with Gasteiger partial charge in [-0.05, 0) is 38.2 Å². The Bertz CT molecular complexity index is 1150. The van der Waals surface area contributed by atoms with Gasteiger partial charge < -0.3 is 25.2 Å². The van der Waals surface area contributed by atoms with Gasteiger partial charge in [-0.3, -0.25) is 9.36 Å². The van der Waals surface area contributed by atoms with Gasteiger partial charge in [0.15, 0.2) is 29.4 Å². The molecule has 4 rings (SSSR count). The highest BCUT2D eigenvalue weighted by Crippen LogP contribution is 2.43. The van der Waals surface area contributed by atoms with Crippen molar-refractivity contribution in [1.82, 2.24) is 24.6 Å². The molecule has 0 amide bonds. The molecule has 0 saturated carbocycles. The predicted octanol–water partition coefficient (Wildman–Crippen LogP) is 1.82. The topological polar surface area (TPSA) is 167 Å². The molecule has 0 aliphatic carbocycles. The predicted molar refractivity (Wildman–Crippen MR) is 133 cm³/mol. The normalized spacial score (nSPS) is 27.3. The Kier molecular flexibility index (Phi) is 8.46. The number of esters is 1. The van der Waals surface area contributed by atoms with Crippen molar-refractivity contribution >= 4 is 48.7 Å². The van der Waals surface area contributed by atoms with Crippen molar-refractivity contribution in [2.45, 2.75) is 69.9 Å². The van der Waals surface area contributed by atoms with Crippen molar-refractivity contribution in [3.05, 3.63) is 6.33 Å². The minimum Gasteiger partial charge on any atom is -0.462 e. The Labute approximate surface area is 218 Å². The molecule has 2 aromatic rings. The van der Waals surface area contributed by atoms with Gasteiger partial charge in [-0.25, -0.2) is 9.37 Å². The van der Waals surface area contributed by atoms with Gasteiger partial charge in [0.25, 0.3) is 0 Å². The van der Waals surface area contributed by atoms with Gasteiger partial charge in [-0.1, -0.05) is 5.09 Å². The largest absolute Gasteiger partial charge is 0.613 e. The Morgan fingerprint density at radius 1 is 1.41 bits per heavy atom. The summed E-state index contributed by atoms with van der Waals surface area (Å²) in [4.78, 5) is 26.9. The molecule has 1 unspecified atom stereocenters. The molecular formula is C21H31ClFN7O6P+. The van der Waals surface area contributed by atoms with Gasteiger partial charge in [0, 0.05) is 13.1 Å². The number of ether oxygens (including phenoxy) is 2. The molecule has 6 atom stereocenters. The summed E-state index contributed by atoms with van der Waals surface area (Å²) in [7, 11) is -2.60. The molecule has 16 heteroatoms. The third-order valence-corrected chi connectivity index (χ3v) is 7.64. The first-order valence-electron chi connectivity index (χ1n) is 11.9. The number of fused-ring (bicyclic) bond motifs is 1. The number of rotatable bonds is 10. The summed E-state index contributed by atoms with van der Waals surface area (Å²) in [6.07, 6.45) is -2.03. The number of nitrogens with two attached hydrogens (primary N) is 1. The summed E-state index contributed by atoms with van der Waals surface area (Å²) in [6.45, 7) is 5.88. The van der Waals surface area contributed by atoms with E-state index >= 15 is 4.39 Å². The highest BCUT2D eigenvalue weighted by molar-refractivity contribution is 7.36. The molecule has 13 nitrogen and oxygen atoms in total. The van der Waals surface area contributed by atoms with E-state index in [0.29, 0.717) is 11.3 Å². The standard InChI is InChI=1S/C21H31ClFN7O6P/c1-11(2)35-19(32)12(3)28-37(33)34-9-21(8-22)15(31)13(23)18(36-21)30-10-25-14-16(29-6-4-5-7-29)26-20(24)27-17(14)30/h10-13,15,18,31H,4-9H2,1-3H3,(H,28,33)(H2,24,26,27)/q+1/t12-,13-,15-,18+,21+/m0/s1. The van der Waals surface area contributed by atoms with E-state index in [4.69, 9.17) is 31.3 Å². The molecule has 4 heterocycles. The van der Waals surface area contributed by atoms with Crippen LogP contribution in [0.1, 0.15) is 39.8 Å². The van der Waals surface area contributed by atoms with E-state index in [1.165, 1.54) is 17.8 Å². The number of nitrogens with one attached hydrogen (secondary N) is 1. The molecule has 0 bridgehead atoms. The highest BCUT2D eigenvalue weighted by Gasteiger charge is 2.57. The van der Waals surface area contributed by atoms with Crippen LogP contribution < -0.4 is 15.7 Å². The molecule has 37 heavy (non-hydrogen) atoms. The fraction of sp³-hybridized carbons (Fsp3) is 0.714. The molecule has 2 aromatic heterocycles. The average Bonchev–Trinajstić information content (AvgIpc) is 3.57. The lowest BCUT2D eigenvalue weighted by molar-refractivity contribution is -0.149. The summed E-state index contributed by atoms with van der Waals surface area (Å²) in [5.74, 6) is -0.447. The first kappa shape index (κ1) is 27.8. The van der Waals surface area contributed by atoms with Crippen LogP contribution in [0.2, 0.25) is 0 Å². The summed E-state index contributed by atoms with van der Waals surface area (Å²) >= 11 is 6.10. The molecule has 2 saturated heterocycles. The maximum Gasteiger partial charge on any atom is 0.613 e. The van der Waals surface area contributed by atoms with E-state index in [1.54, 1.807) is 13.8 Å². The number of nitrogens with zero attached hydrogens (tertiary/aromatic N) is 5. The zero-order chi connectivity index (χ0) is 26.9. The SMILES string of the molecule is CC(C)OC(=O)[C@H](C)N[P+](=O)OC[C@@]1(CCl)O[C@@H](n2cnc3c(N4CCCC4)nc(N)nc32)[C@@H](F)[C@@H]1O. The second-order valence-electron chi connectivity index (χ2n) is 9.39. The average molecular weight is 563 g/mol. The van der Waals surface area contributed by atoms with Crippen LogP contribution in [0.5, 0.6) is 0 Å². The van der Waals surface area contributed by atoms with Crippen molar-refractivity contribution in [3.63, 3.8) is 0 Å². The van der Waals surface area contributed by atoms with Crippen LogP contribution in [0.3, 0.4) is 0 Å². The number of anilines is 2. The molecule has 0 radical (unpaired) electrons. The minimum atomic E-state index is -2.60. The number of aliphatic hydroxyl groups is 1. The van der Waals surface area contributed by atoms with Crippen molar-refractivity contribution in [1.29, 1.82) is 0 Å². The molecular weight excluding hydrogens is 532 g/mol. The lowest BCUT2D eigenvalue weighted by Gasteiger charge is -2.26. The van der Waals surface area contributed by atoms with Crippen LogP contribution in [0.15, 0.2) is 6.33 Å². The van der Waals surface area contributed by atoms with Gasteiger partial charge in [-0.2, -0.15) is 9.97 Å². The Morgan fingerprint density at radius 3 is 2.76 bits per heavy atom. The van der Waals surface area contributed by atoms with Gasteiger partial charge >= 0.3 is 14.1 Å². The molecule has 0 aromatic carbocycles. The van der Waals surface area contributed by atoms with Crippen LogP contribution in [-0.2, 0) is 23.4 Å². The molecule has 2 fully saturated rings. The number of imidazole rings is 1. The fourth-order valence-corrected chi connectivity index (χ4v) is 5.43. The summed E-state index contributed by atoms with van der Waals surface area (Å²) < 4.78 is 45.5. The maximum absolute atomic E-state index is 15.4.